The van der Waals surface area contributed by atoms with E-state index in [9.17, 15) is 14.4 Å². The fraction of sp³-hybridized carbons (Fsp3) is 0.419. The van der Waals surface area contributed by atoms with Crippen LogP contribution in [0.15, 0.2) is 146 Å². The minimum absolute atomic E-state index is 0.0166. The topological polar surface area (TPSA) is 241 Å². The van der Waals surface area contributed by atoms with Gasteiger partial charge >= 0.3 is 12.1 Å². The zero-order valence-electron chi connectivity index (χ0n) is 54.5. The van der Waals surface area contributed by atoms with Crippen LogP contribution in [0.4, 0.5) is 16.4 Å². The molecule has 8 aromatic rings. The van der Waals surface area contributed by atoms with Crippen LogP contribution >= 0.6 is 0 Å². The minimum atomic E-state index is -0.893. The number of hydrogen-bond donors (Lipinski definition) is 3. The quantitative estimate of drug-likeness (QED) is 0.0638. The number of nitrogens with zero attached hydrogens (tertiary/aromatic N) is 9. The van der Waals surface area contributed by atoms with Gasteiger partial charge in [-0.15, -0.1) is 0 Å². The fourth-order valence-corrected chi connectivity index (χ4v) is 13.5. The van der Waals surface area contributed by atoms with Crippen LogP contribution < -0.4 is 20.9 Å². The van der Waals surface area contributed by atoms with Gasteiger partial charge in [-0.1, -0.05) is 72.8 Å². The molecule has 3 saturated carbocycles. The predicted octanol–water partition coefficient (Wildman–Crippen LogP) is 13.4. The van der Waals surface area contributed by atoms with Crippen molar-refractivity contribution in [1.29, 1.82) is 0 Å². The lowest BCUT2D eigenvalue weighted by atomic mass is 10.00. The smallest absolute Gasteiger partial charge is 0.410 e. The van der Waals surface area contributed by atoms with E-state index in [1.54, 1.807) is 23.4 Å². The van der Waals surface area contributed by atoms with Gasteiger partial charge in [0.1, 0.15) is 64.2 Å². The highest BCUT2D eigenvalue weighted by Crippen LogP contribution is 2.54. The molecule has 6 aliphatic rings. The number of ether oxygens (including phenoxy) is 5. The molecular weight excluding hydrogens is 1190 g/mol. The van der Waals surface area contributed by atoms with Crippen LogP contribution in [0.3, 0.4) is 0 Å². The van der Waals surface area contributed by atoms with Gasteiger partial charge in [-0.3, -0.25) is 14.6 Å². The number of carboxylic acids is 1. The van der Waals surface area contributed by atoms with E-state index in [1.165, 1.54) is 23.8 Å². The Morgan fingerprint density at radius 2 is 1.06 bits per heavy atom. The van der Waals surface area contributed by atoms with Crippen LogP contribution in [-0.2, 0) is 23.8 Å². The highest BCUT2D eigenvalue weighted by molar-refractivity contribution is 6.04. The van der Waals surface area contributed by atoms with Gasteiger partial charge in [-0.25, -0.2) is 29.5 Å². The number of benzene rings is 4. The van der Waals surface area contributed by atoms with E-state index in [2.05, 4.69) is 60.2 Å². The second-order valence-corrected chi connectivity index (χ2v) is 26.6. The number of likely N-dealkylation sites (N-methyl/N-ethyl adjacent to an activating group) is 2. The van der Waals surface area contributed by atoms with Gasteiger partial charge in [0.05, 0.1) is 30.0 Å². The average molecular weight is 1270 g/mol. The summed E-state index contributed by atoms with van der Waals surface area (Å²) in [5.74, 6) is 4.34. The number of carbonyl (C=O) groups is 3. The van der Waals surface area contributed by atoms with Crippen molar-refractivity contribution in [3.05, 3.63) is 158 Å². The molecule has 1 amide bonds. The number of carbonyl (C=O) groups excluding carboxylic acids is 2. The van der Waals surface area contributed by atoms with Gasteiger partial charge in [0.25, 0.3) is 0 Å². The van der Waals surface area contributed by atoms with Crippen LogP contribution in [0.5, 0.6) is 23.0 Å². The number of allylic oxidation sites excluding steroid dienone is 1. The van der Waals surface area contributed by atoms with E-state index in [0.717, 1.165) is 164 Å². The molecule has 3 aliphatic heterocycles. The molecule has 1 unspecified atom stereocenters. The molecule has 4 aromatic heterocycles. The van der Waals surface area contributed by atoms with Crippen LogP contribution in [0.1, 0.15) is 120 Å². The summed E-state index contributed by atoms with van der Waals surface area (Å²) in [6.07, 6.45) is 19.6. The summed E-state index contributed by atoms with van der Waals surface area (Å²) in [6, 6.07) is 37.1. The molecule has 20 heteroatoms. The normalized spacial score (nSPS) is 20.5. The molecule has 0 bridgehead atoms. The molecule has 94 heavy (non-hydrogen) atoms. The third kappa shape index (κ3) is 15.5. The van der Waals surface area contributed by atoms with Crippen LogP contribution in [0.25, 0.3) is 44.3 Å². The SMILES string of the molecule is CC(C)(C)OC(=O)N1CC[C@@H](n2c(C3CC3)c(-c3ccc(Oc4ccccc4)cc3)c3c(N)ncnc32)C1.CN(C/C=C/C(=O)C1CC[C@@H](n2c(C3CC3)c(-c3ccc(Oc4ccccc4)cc3)c3c(N)ncnc32)C1)[C@H]1CCOC1.CN(C/C=C/C(=O)O)[C@H]1CCOC1. The van der Waals surface area contributed by atoms with Gasteiger partial charge in [0.2, 0.25) is 0 Å². The highest BCUT2D eigenvalue weighted by atomic mass is 16.6. The van der Waals surface area contributed by atoms with Gasteiger partial charge < -0.3 is 54.3 Å². The van der Waals surface area contributed by atoms with Crippen molar-refractivity contribution in [2.24, 2.45) is 5.92 Å². The van der Waals surface area contributed by atoms with Gasteiger partial charge in [-0.05, 0) is 177 Å². The standard InChI is InChI=1S/C35H39N5O3.C30H33N5O3.C9H15NO3/c1-39(27-17-19-42-21-27)18-5-8-30(41)25-11-14-26(20-25)40-33(24-9-10-24)31(32-34(36)37-22-38-35(32)40)23-12-15-29(16-13-23)43-28-6-3-2-4-7-28;1-30(2,3)38-29(36)34-16-15-21(17-34)35-26(20-9-10-20)24(25-27(31)32-18-33-28(25)35)19-11-13-23(14-12-19)37-22-7-5-4-6-8-22;1-10(5-2-3-9(11)12)8-4-6-13-7-8/h2-8,12-13,15-16,22,24-27H,9-11,14,17-21H2,1H3,(H2,36,37,38);4-8,11-14,18,20-21H,9-10,15-17H2,1-3H3,(H2,31,32,33);2-3,8H,4-7H2,1H3,(H,11,12)/b8-5+;;3-2+/t25?,26-,27+;21-;8-/m110/s1. The number of likely N-dealkylation sites (tertiary alicyclic amines) is 1. The number of amides is 1. The van der Waals surface area contributed by atoms with E-state index in [4.69, 9.17) is 50.2 Å². The lowest BCUT2D eigenvalue weighted by Gasteiger charge is -2.25. The second kappa shape index (κ2) is 29.1. The number of para-hydroxylation sites is 2. The van der Waals surface area contributed by atoms with E-state index < -0.39 is 11.6 Å². The monoisotopic (exact) mass is 1270 g/mol. The average Bonchev–Trinajstić information content (AvgIpc) is 1.58. The summed E-state index contributed by atoms with van der Waals surface area (Å²) >= 11 is 0. The number of anilines is 2. The summed E-state index contributed by atoms with van der Waals surface area (Å²) < 4.78 is 33.2. The summed E-state index contributed by atoms with van der Waals surface area (Å²) in [5.41, 5.74) is 21.1. The van der Waals surface area contributed by atoms with E-state index in [1.807, 2.05) is 119 Å². The van der Waals surface area contributed by atoms with Crippen molar-refractivity contribution in [2.75, 3.05) is 78.2 Å². The number of aliphatic carboxylic acids is 1. The lowest BCUT2D eigenvalue weighted by Crippen LogP contribution is -2.35. The molecular formula is C74H87N11O9. The largest absolute Gasteiger partial charge is 0.478 e. The van der Waals surface area contributed by atoms with E-state index >= 15 is 0 Å². The molecule has 0 spiro atoms. The van der Waals surface area contributed by atoms with Crippen LogP contribution in [-0.4, -0.2) is 151 Å². The summed E-state index contributed by atoms with van der Waals surface area (Å²) in [7, 11) is 4.08. The van der Waals surface area contributed by atoms with Crippen LogP contribution in [0.2, 0.25) is 0 Å². The third-order valence-electron chi connectivity index (χ3n) is 18.6. The number of nitrogens with two attached hydrogens (primary N) is 2. The molecule has 6 fully saturated rings. The molecule has 5 atom stereocenters. The minimum Gasteiger partial charge on any atom is -0.478 e. The molecule has 0 radical (unpaired) electrons. The molecule has 20 nitrogen and oxygen atoms in total. The van der Waals surface area contributed by atoms with Gasteiger partial charge in [0.15, 0.2) is 5.78 Å². The highest BCUT2D eigenvalue weighted by Gasteiger charge is 2.41. The number of rotatable bonds is 19. The first kappa shape index (κ1) is 65.1. The maximum atomic E-state index is 13.3. The Kier molecular flexibility index (Phi) is 20.2. The Hall–Kier alpha value is -8.95. The Morgan fingerprint density at radius 1 is 0.596 bits per heavy atom. The maximum absolute atomic E-state index is 13.3. The molecule has 5 N–H and O–H groups in total. The lowest BCUT2D eigenvalue weighted by molar-refractivity contribution is -0.131. The second-order valence-electron chi connectivity index (χ2n) is 26.6. The van der Waals surface area contributed by atoms with E-state index in [-0.39, 0.29) is 29.9 Å². The van der Waals surface area contributed by atoms with Crippen molar-refractivity contribution in [2.45, 2.75) is 127 Å². The molecule has 492 valence electrons. The first-order chi connectivity index (χ1) is 45.5. The van der Waals surface area contributed by atoms with E-state index in [0.29, 0.717) is 55.2 Å². The zero-order valence-corrected chi connectivity index (χ0v) is 54.5. The Morgan fingerprint density at radius 3 is 1.51 bits per heavy atom. The van der Waals surface area contributed by atoms with Crippen molar-refractivity contribution in [3.63, 3.8) is 0 Å². The molecule has 4 aromatic carbocycles. The fourth-order valence-electron chi connectivity index (χ4n) is 13.5. The summed E-state index contributed by atoms with van der Waals surface area (Å²) in [5, 5.41) is 10.2. The maximum Gasteiger partial charge on any atom is 0.410 e. The Bertz CT molecular complexity index is 3980. The number of aromatic nitrogens is 6. The van der Waals surface area contributed by atoms with Crippen molar-refractivity contribution in [3.8, 4) is 45.3 Å². The van der Waals surface area contributed by atoms with Crippen LogP contribution in [0, 0.1) is 5.92 Å². The zero-order chi connectivity index (χ0) is 65.5. The van der Waals surface area contributed by atoms with Gasteiger partial charge in [0, 0.05) is 92.0 Å². The van der Waals surface area contributed by atoms with Crippen molar-refractivity contribution >= 4 is 51.5 Å². The molecule has 7 heterocycles. The van der Waals surface area contributed by atoms with Gasteiger partial charge in [-0.2, -0.15) is 0 Å². The first-order valence-corrected chi connectivity index (χ1v) is 33.1. The summed E-state index contributed by atoms with van der Waals surface area (Å²) in [4.78, 5) is 60.7. The first-order valence-electron chi connectivity index (χ1n) is 33.1. The predicted molar refractivity (Wildman–Crippen MR) is 364 cm³/mol. The number of fused-ring (bicyclic) bond motifs is 2. The Labute approximate surface area is 549 Å². The Balaban J connectivity index is 0.000000153. The molecule has 3 aliphatic carbocycles. The number of ketones is 1. The van der Waals surface area contributed by atoms with Crippen molar-refractivity contribution < 1.29 is 43.2 Å². The third-order valence-corrected chi connectivity index (χ3v) is 18.6. The summed E-state index contributed by atoms with van der Waals surface area (Å²) in [6.45, 7) is 11.5. The molecule has 3 saturated heterocycles. The van der Waals surface area contributed by atoms with Crippen molar-refractivity contribution in [1.82, 2.24) is 43.8 Å². The number of nitrogen functional groups attached to an aromatic ring is 2. The number of hydrogen-bond acceptors (Lipinski definition) is 16. The molecule has 14 rings (SSSR count). The number of carboxylic acid groups (broad SMARTS) is 1.